The molecule has 3 rings (SSSR count). The molecule has 280 valence electrons. The van der Waals surface area contributed by atoms with Crippen LogP contribution in [0.3, 0.4) is 0 Å². The average molecular weight is 673 g/mol. The summed E-state index contributed by atoms with van der Waals surface area (Å²) in [7, 11) is 0. The van der Waals surface area contributed by atoms with E-state index in [0.29, 0.717) is 35.5 Å². The molecule has 2 aliphatic heterocycles. The van der Waals surface area contributed by atoms with E-state index in [0.717, 1.165) is 71.1 Å². The van der Waals surface area contributed by atoms with Gasteiger partial charge in [-0.1, -0.05) is 132 Å². The summed E-state index contributed by atoms with van der Waals surface area (Å²) in [6.45, 7) is 21.9. The van der Waals surface area contributed by atoms with E-state index in [1.807, 2.05) is 0 Å². The van der Waals surface area contributed by atoms with Gasteiger partial charge in [0.1, 0.15) is 0 Å². The quantitative estimate of drug-likeness (QED) is 0.0919. The Labute approximate surface area is 298 Å². The minimum atomic E-state index is -0.0717. The molecule has 2 bridgehead atoms. The molecule has 1 aliphatic carbocycles. The van der Waals surface area contributed by atoms with Gasteiger partial charge in [-0.25, -0.2) is 0 Å². The summed E-state index contributed by atoms with van der Waals surface area (Å²) in [6.07, 6.45) is 22.3. The van der Waals surface area contributed by atoms with Crippen molar-refractivity contribution in [2.24, 2.45) is 47.3 Å². The number of amides is 2. The fourth-order valence-electron chi connectivity index (χ4n) is 9.82. The molecule has 2 amide bonds. The molecule has 3 fully saturated rings. The molecule has 5 heteroatoms. The highest BCUT2D eigenvalue weighted by molar-refractivity contribution is 5.84. The maximum atomic E-state index is 15.0. The molecule has 4 unspecified atom stereocenters. The second-order valence-corrected chi connectivity index (χ2v) is 16.5. The van der Waals surface area contributed by atoms with Gasteiger partial charge in [-0.3, -0.25) is 9.59 Å². The first kappa shape index (κ1) is 41.3. The van der Waals surface area contributed by atoms with Crippen molar-refractivity contribution in [1.29, 1.82) is 0 Å². The van der Waals surface area contributed by atoms with Gasteiger partial charge in [0.2, 0.25) is 11.8 Å². The predicted molar refractivity (Wildman–Crippen MR) is 203 cm³/mol. The largest absolute Gasteiger partial charge is 0.374 e. The Hall–Kier alpha value is -1.10. The van der Waals surface area contributed by atoms with Crippen molar-refractivity contribution in [2.75, 3.05) is 26.2 Å². The maximum absolute atomic E-state index is 15.0. The number of ether oxygens (including phenoxy) is 1. The molecule has 2 saturated heterocycles. The Kier molecular flexibility index (Phi) is 18.9. The van der Waals surface area contributed by atoms with E-state index in [-0.39, 0.29) is 35.9 Å². The van der Waals surface area contributed by atoms with Crippen molar-refractivity contribution in [2.45, 2.75) is 190 Å². The van der Waals surface area contributed by atoms with Crippen molar-refractivity contribution >= 4 is 11.8 Å². The molecular weight excluding hydrogens is 592 g/mol. The Balaban J connectivity index is 1.91. The predicted octanol–water partition coefficient (Wildman–Crippen LogP) is 10.9. The van der Waals surface area contributed by atoms with Gasteiger partial charge in [-0.05, 0) is 68.6 Å². The van der Waals surface area contributed by atoms with Gasteiger partial charge in [-0.2, -0.15) is 0 Å². The highest BCUT2D eigenvalue weighted by atomic mass is 16.5. The summed E-state index contributed by atoms with van der Waals surface area (Å²) in [5.41, 5.74) is 0. The van der Waals surface area contributed by atoms with Crippen LogP contribution in [0.15, 0.2) is 0 Å². The fourth-order valence-corrected chi connectivity index (χ4v) is 9.82. The Morgan fingerprint density at radius 1 is 0.521 bits per heavy atom. The first-order valence-corrected chi connectivity index (χ1v) is 21.5. The van der Waals surface area contributed by atoms with Crippen LogP contribution in [0.1, 0.15) is 177 Å². The number of nitrogens with zero attached hydrogens (tertiary/aromatic N) is 2. The lowest BCUT2D eigenvalue weighted by atomic mass is 9.75. The van der Waals surface area contributed by atoms with Crippen LogP contribution in [0.5, 0.6) is 0 Å². The smallest absolute Gasteiger partial charge is 0.226 e. The van der Waals surface area contributed by atoms with Crippen LogP contribution in [0, 0.1) is 47.3 Å². The minimum absolute atomic E-state index is 0.0717. The van der Waals surface area contributed by atoms with Gasteiger partial charge >= 0.3 is 0 Å². The first-order chi connectivity index (χ1) is 23.3. The highest BCUT2D eigenvalue weighted by Gasteiger charge is 2.62. The summed E-state index contributed by atoms with van der Waals surface area (Å²) < 4.78 is 6.64. The standard InChI is InChI=1S/C43H80N2O3/c1-9-17-21-32(13-5)28-44(29-33(14-6)22-18-10-2)42(46)36-27-37(41-39-26-25-38(48-39)40(36)41)43(47)45(30-34(15-7)23-19-11-3)31-35(16-8)24-20-12-4/h32-41H,9-31H2,1-8H3/t32?,33?,34?,35?,36-,37+,38+,39-,40+,41-. The maximum Gasteiger partial charge on any atom is 0.226 e. The second-order valence-electron chi connectivity index (χ2n) is 16.5. The molecule has 5 nitrogen and oxygen atoms in total. The van der Waals surface area contributed by atoms with Crippen LogP contribution >= 0.6 is 0 Å². The van der Waals surface area contributed by atoms with Crippen molar-refractivity contribution in [3.63, 3.8) is 0 Å². The van der Waals surface area contributed by atoms with Crippen molar-refractivity contribution in [3.8, 4) is 0 Å². The third-order valence-corrected chi connectivity index (χ3v) is 13.2. The molecule has 1 saturated carbocycles. The molecular formula is C43H80N2O3. The number of carbonyl (C=O) groups excluding carboxylic acids is 2. The molecule has 0 aromatic heterocycles. The molecule has 0 N–H and O–H groups in total. The summed E-state index contributed by atoms with van der Waals surface area (Å²) in [6, 6.07) is 0. The SMILES string of the molecule is CCCCC(CC)CN(CC(CC)CCCC)C(=O)[C@H]1C[C@@H](C(=O)N(CC(CC)CCCC)CC(CC)CCCC)[C@@H]2[C@H]1[C@H]1CC[C@@H]2O1. The van der Waals surface area contributed by atoms with Gasteiger partial charge in [0.15, 0.2) is 0 Å². The van der Waals surface area contributed by atoms with Gasteiger partial charge in [0, 0.05) is 49.9 Å². The van der Waals surface area contributed by atoms with E-state index in [2.05, 4.69) is 65.2 Å². The number of hydrogen-bond acceptors (Lipinski definition) is 3. The van der Waals surface area contributed by atoms with Crippen LogP contribution in [0.4, 0.5) is 0 Å². The van der Waals surface area contributed by atoms with Crippen LogP contribution in [0.2, 0.25) is 0 Å². The molecule has 0 radical (unpaired) electrons. The van der Waals surface area contributed by atoms with E-state index in [1.54, 1.807) is 0 Å². The van der Waals surface area contributed by atoms with Gasteiger partial charge in [0.05, 0.1) is 12.2 Å². The van der Waals surface area contributed by atoms with Crippen molar-refractivity contribution in [3.05, 3.63) is 0 Å². The molecule has 0 aromatic carbocycles. The summed E-state index contributed by atoms with van der Waals surface area (Å²) in [5, 5.41) is 0. The molecule has 0 aromatic rings. The number of hydrogen-bond donors (Lipinski definition) is 0. The average Bonchev–Trinajstić information content (AvgIpc) is 3.84. The van der Waals surface area contributed by atoms with Gasteiger partial charge < -0.3 is 14.5 Å². The molecule has 48 heavy (non-hydrogen) atoms. The topological polar surface area (TPSA) is 49.9 Å². The fraction of sp³-hybridized carbons (Fsp3) is 0.953. The zero-order valence-corrected chi connectivity index (χ0v) is 33.2. The summed E-state index contributed by atoms with van der Waals surface area (Å²) >= 11 is 0. The van der Waals surface area contributed by atoms with Crippen LogP contribution in [0.25, 0.3) is 0 Å². The zero-order chi connectivity index (χ0) is 35.1. The number of fused-ring (bicyclic) bond motifs is 5. The monoisotopic (exact) mass is 673 g/mol. The molecule has 10 atom stereocenters. The molecule has 0 spiro atoms. The number of unbranched alkanes of at least 4 members (excludes halogenated alkanes) is 4. The normalized spacial score (nSPS) is 27.1. The third-order valence-electron chi connectivity index (χ3n) is 13.2. The number of rotatable bonds is 26. The van der Waals surface area contributed by atoms with E-state index in [4.69, 9.17) is 4.74 Å². The lowest BCUT2D eigenvalue weighted by Gasteiger charge is -2.35. The Morgan fingerprint density at radius 2 is 0.812 bits per heavy atom. The van der Waals surface area contributed by atoms with Crippen LogP contribution in [-0.2, 0) is 14.3 Å². The van der Waals surface area contributed by atoms with E-state index >= 15 is 0 Å². The first-order valence-electron chi connectivity index (χ1n) is 21.5. The van der Waals surface area contributed by atoms with Crippen molar-refractivity contribution < 1.29 is 14.3 Å². The lowest BCUT2D eigenvalue weighted by Crippen LogP contribution is -2.45. The Morgan fingerprint density at radius 3 is 1.06 bits per heavy atom. The lowest BCUT2D eigenvalue weighted by molar-refractivity contribution is -0.140. The number of carbonyl (C=O) groups is 2. The van der Waals surface area contributed by atoms with E-state index in [1.165, 1.54) is 77.0 Å². The minimum Gasteiger partial charge on any atom is -0.374 e. The second kappa shape index (κ2) is 22.0. The highest BCUT2D eigenvalue weighted by Crippen LogP contribution is 2.57. The van der Waals surface area contributed by atoms with Crippen LogP contribution in [-0.4, -0.2) is 60.0 Å². The Bertz CT molecular complexity index is 802. The van der Waals surface area contributed by atoms with Crippen molar-refractivity contribution in [1.82, 2.24) is 9.80 Å². The van der Waals surface area contributed by atoms with Gasteiger partial charge in [-0.15, -0.1) is 0 Å². The van der Waals surface area contributed by atoms with E-state index < -0.39 is 0 Å². The van der Waals surface area contributed by atoms with Gasteiger partial charge in [0.25, 0.3) is 0 Å². The molecule has 3 aliphatic rings. The zero-order valence-electron chi connectivity index (χ0n) is 33.2. The molecule has 2 heterocycles. The summed E-state index contributed by atoms with van der Waals surface area (Å²) in [5.74, 6) is 3.23. The summed E-state index contributed by atoms with van der Waals surface area (Å²) in [4.78, 5) is 34.6. The van der Waals surface area contributed by atoms with E-state index in [9.17, 15) is 9.59 Å². The van der Waals surface area contributed by atoms with Crippen LogP contribution < -0.4 is 0 Å². The third kappa shape index (κ3) is 11.2.